The van der Waals surface area contributed by atoms with E-state index in [0.717, 1.165) is 45.6 Å². The first-order valence-corrected chi connectivity index (χ1v) is 12.5. The lowest BCUT2D eigenvalue weighted by molar-refractivity contribution is -0.138. The van der Waals surface area contributed by atoms with Crippen molar-refractivity contribution in [2.45, 2.75) is 45.3 Å². The number of hydrogen-bond donors (Lipinski definition) is 1. The fourth-order valence-corrected chi connectivity index (χ4v) is 4.92. The minimum Gasteiger partial charge on any atom is -0.382 e. The number of carbonyl (C=O) groups excluding carboxylic acids is 1. The molecule has 190 valence electrons. The van der Waals surface area contributed by atoms with E-state index in [1.807, 2.05) is 4.90 Å². The fraction of sp³-hybridized carbons (Fsp3) is 0.519. The molecule has 8 heteroatoms. The summed E-state index contributed by atoms with van der Waals surface area (Å²) in [6.45, 7) is 9.42. The molecule has 4 rings (SSSR count). The highest BCUT2D eigenvalue weighted by molar-refractivity contribution is 5.76. The van der Waals surface area contributed by atoms with Crippen molar-refractivity contribution in [3.8, 4) is 0 Å². The van der Waals surface area contributed by atoms with Crippen LogP contribution in [0.15, 0.2) is 42.5 Å². The molecule has 0 radical (unpaired) electrons. The smallest absolute Gasteiger partial charge is 0.382 e. The first-order chi connectivity index (χ1) is 16.7. The molecule has 2 aliphatic rings. The summed E-state index contributed by atoms with van der Waals surface area (Å²) < 4.78 is 39.6. The Morgan fingerprint density at radius 3 is 2.23 bits per heavy atom. The van der Waals surface area contributed by atoms with Crippen LogP contribution in [-0.4, -0.2) is 67.6 Å². The summed E-state index contributed by atoms with van der Waals surface area (Å²) in [5, 5.41) is 3.23. The Hall–Kier alpha value is -2.74. The molecule has 0 aromatic heterocycles. The number of likely N-dealkylation sites (tertiary alicyclic amines) is 1. The van der Waals surface area contributed by atoms with E-state index >= 15 is 0 Å². The third-order valence-electron chi connectivity index (χ3n) is 7.17. The summed E-state index contributed by atoms with van der Waals surface area (Å²) >= 11 is 0. The quantitative estimate of drug-likeness (QED) is 0.626. The zero-order valence-corrected chi connectivity index (χ0v) is 20.6. The van der Waals surface area contributed by atoms with Gasteiger partial charge >= 0.3 is 6.18 Å². The highest BCUT2D eigenvalue weighted by Crippen LogP contribution is 2.34. The van der Waals surface area contributed by atoms with Gasteiger partial charge in [0.15, 0.2) is 0 Å². The minimum absolute atomic E-state index is 0.0673. The van der Waals surface area contributed by atoms with Gasteiger partial charge in [-0.25, -0.2) is 0 Å². The molecule has 2 aromatic rings. The van der Waals surface area contributed by atoms with E-state index in [2.05, 4.69) is 46.3 Å². The Kier molecular flexibility index (Phi) is 7.89. The lowest BCUT2D eigenvalue weighted by atomic mass is 10.0. The van der Waals surface area contributed by atoms with Crippen molar-refractivity contribution in [1.29, 1.82) is 0 Å². The van der Waals surface area contributed by atoms with Crippen LogP contribution >= 0.6 is 0 Å². The van der Waals surface area contributed by atoms with Crippen LogP contribution in [0.5, 0.6) is 0 Å². The van der Waals surface area contributed by atoms with Crippen molar-refractivity contribution >= 4 is 17.3 Å². The molecule has 1 amide bonds. The molecule has 1 N–H and O–H groups in total. The molecule has 0 bridgehead atoms. The maximum absolute atomic E-state index is 13.2. The van der Waals surface area contributed by atoms with E-state index in [9.17, 15) is 18.0 Å². The third-order valence-corrected chi connectivity index (χ3v) is 7.17. The number of rotatable bonds is 6. The molecular weight excluding hydrogens is 453 g/mol. The average Bonchev–Trinajstić information content (AvgIpc) is 2.84. The number of nitrogens with one attached hydrogen (secondary N) is 1. The van der Waals surface area contributed by atoms with Gasteiger partial charge in [-0.3, -0.25) is 9.69 Å². The molecular formula is C27H35F3N4O. The summed E-state index contributed by atoms with van der Waals surface area (Å²) in [4.78, 5) is 19.4. The molecule has 0 saturated carbocycles. The molecule has 2 aromatic carbocycles. The second-order valence-corrected chi connectivity index (χ2v) is 9.74. The maximum Gasteiger partial charge on any atom is 0.416 e. The SMILES string of the molecule is Cc1ccc(N2CCN(CCC(=O)N3CCC(Nc4ccc(C)c(C(F)(F)F)c4)CC3)CC2)cc1. The van der Waals surface area contributed by atoms with Crippen LogP contribution in [0.3, 0.4) is 0 Å². The topological polar surface area (TPSA) is 38.8 Å². The van der Waals surface area contributed by atoms with Crippen molar-refractivity contribution in [3.63, 3.8) is 0 Å². The molecule has 2 fully saturated rings. The Morgan fingerprint density at radius 1 is 0.943 bits per heavy atom. The number of piperidine rings is 1. The Labute approximate surface area is 205 Å². The van der Waals surface area contributed by atoms with Gasteiger partial charge in [0, 0.05) is 69.7 Å². The molecule has 0 aliphatic carbocycles. The zero-order valence-electron chi connectivity index (χ0n) is 20.6. The lowest BCUT2D eigenvalue weighted by Crippen LogP contribution is -2.48. The Balaban J connectivity index is 1.18. The number of amides is 1. The van der Waals surface area contributed by atoms with Crippen molar-refractivity contribution in [1.82, 2.24) is 9.80 Å². The standard InChI is InChI=1S/C27H35F3N4O/c1-20-3-7-24(8-4-20)33-17-15-32(16-18-33)12-11-26(35)34-13-9-22(10-14-34)31-23-6-5-21(2)25(19-23)27(28,29)30/h3-8,19,22,31H,9-18H2,1-2H3. The van der Waals surface area contributed by atoms with Crippen molar-refractivity contribution < 1.29 is 18.0 Å². The Bertz CT molecular complexity index is 992. The number of aryl methyl sites for hydroxylation is 2. The van der Waals surface area contributed by atoms with Gasteiger partial charge in [-0.05, 0) is 56.5 Å². The van der Waals surface area contributed by atoms with Gasteiger partial charge in [0.2, 0.25) is 5.91 Å². The predicted molar refractivity (Wildman–Crippen MR) is 134 cm³/mol. The minimum atomic E-state index is -4.36. The number of hydrogen-bond acceptors (Lipinski definition) is 4. The first kappa shape index (κ1) is 25.4. The first-order valence-electron chi connectivity index (χ1n) is 12.5. The fourth-order valence-electron chi connectivity index (χ4n) is 4.92. The molecule has 2 saturated heterocycles. The Morgan fingerprint density at radius 2 is 1.60 bits per heavy atom. The van der Waals surface area contributed by atoms with E-state index in [1.165, 1.54) is 30.3 Å². The van der Waals surface area contributed by atoms with Crippen molar-refractivity contribution in [3.05, 3.63) is 59.2 Å². The predicted octanol–water partition coefficient (Wildman–Crippen LogP) is 4.94. The van der Waals surface area contributed by atoms with Crippen LogP contribution in [0.2, 0.25) is 0 Å². The van der Waals surface area contributed by atoms with Gasteiger partial charge < -0.3 is 15.1 Å². The van der Waals surface area contributed by atoms with E-state index in [1.54, 1.807) is 6.07 Å². The van der Waals surface area contributed by atoms with Crippen LogP contribution < -0.4 is 10.2 Å². The normalized spacial score (nSPS) is 18.1. The van der Waals surface area contributed by atoms with Gasteiger partial charge in [0.05, 0.1) is 5.56 Å². The number of anilines is 2. The van der Waals surface area contributed by atoms with Crippen LogP contribution in [-0.2, 0) is 11.0 Å². The van der Waals surface area contributed by atoms with Gasteiger partial charge in [0.25, 0.3) is 0 Å². The molecule has 5 nitrogen and oxygen atoms in total. The molecule has 35 heavy (non-hydrogen) atoms. The summed E-state index contributed by atoms with van der Waals surface area (Å²) in [7, 11) is 0. The molecule has 0 spiro atoms. The molecule has 0 atom stereocenters. The number of piperazine rings is 1. The number of carbonyl (C=O) groups is 1. The summed E-state index contributed by atoms with van der Waals surface area (Å²) in [5.74, 6) is 0.166. The van der Waals surface area contributed by atoms with E-state index in [-0.39, 0.29) is 17.5 Å². The number of nitrogens with zero attached hydrogens (tertiary/aromatic N) is 3. The van der Waals surface area contributed by atoms with Gasteiger partial charge in [-0.15, -0.1) is 0 Å². The average molecular weight is 489 g/mol. The number of halogens is 3. The molecule has 2 heterocycles. The summed E-state index contributed by atoms with van der Waals surface area (Å²) in [5.41, 5.74) is 2.62. The van der Waals surface area contributed by atoms with Gasteiger partial charge in [0.1, 0.15) is 0 Å². The van der Waals surface area contributed by atoms with Crippen molar-refractivity contribution in [2.24, 2.45) is 0 Å². The van der Waals surface area contributed by atoms with Crippen LogP contribution in [0.25, 0.3) is 0 Å². The molecule has 0 unspecified atom stereocenters. The molecule has 2 aliphatic heterocycles. The van der Waals surface area contributed by atoms with Crippen LogP contribution in [0.1, 0.15) is 36.0 Å². The largest absolute Gasteiger partial charge is 0.416 e. The van der Waals surface area contributed by atoms with Crippen LogP contribution in [0.4, 0.5) is 24.5 Å². The number of alkyl halides is 3. The van der Waals surface area contributed by atoms with Gasteiger partial charge in [-0.2, -0.15) is 13.2 Å². The van der Waals surface area contributed by atoms with Crippen LogP contribution in [0, 0.1) is 13.8 Å². The highest BCUT2D eigenvalue weighted by atomic mass is 19.4. The zero-order chi connectivity index (χ0) is 25.0. The van der Waals surface area contributed by atoms with E-state index in [0.29, 0.717) is 25.2 Å². The second-order valence-electron chi connectivity index (χ2n) is 9.74. The lowest BCUT2D eigenvalue weighted by Gasteiger charge is -2.37. The van der Waals surface area contributed by atoms with E-state index < -0.39 is 11.7 Å². The second kappa shape index (κ2) is 10.9. The third kappa shape index (κ3) is 6.69. The summed E-state index contributed by atoms with van der Waals surface area (Å²) in [6, 6.07) is 13.1. The summed E-state index contributed by atoms with van der Waals surface area (Å²) in [6.07, 6.45) is -2.38. The maximum atomic E-state index is 13.2. The monoisotopic (exact) mass is 488 g/mol. The highest BCUT2D eigenvalue weighted by Gasteiger charge is 2.33. The van der Waals surface area contributed by atoms with Crippen molar-refractivity contribution in [2.75, 3.05) is 56.0 Å². The van der Waals surface area contributed by atoms with Gasteiger partial charge in [-0.1, -0.05) is 23.8 Å². The van der Waals surface area contributed by atoms with E-state index in [4.69, 9.17) is 0 Å². The number of benzene rings is 2.